The third-order valence-corrected chi connectivity index (χ3v) is 6.98. The third kappa shape index (κ3) is 6.75. The van der Waals surface area contributed by atoms with Crippen molar-refractivity contribution in [2.45, 2.75) is 70.6 Å². The average molecular weight is 575 g/mol. The number of nitrogens with one attached hydrogen (secondary N) is 2. The Morgan fingerprint density at radius 3 is 2.37 bits per heavy atom. The minimum absolute atomic E-state index is 0.00150. The fourth-order valence-corrected chi connectivity index (χ4v) is 5.07. The maximum Gasteiger partial charge on any atom is 0.407 e. The van der Waals surface area contributed by atoms with E-state index in [1.54, 1.807) is 18.2 Å². The zero-order valence-electron chi connectivity index (χ0n) is 23.7. The summed E-state index contributed by atoms with van der Waals surface area (Å²) in [6, 6.07) is 5.08. The summed E-state index contributed by atoms with van der Waals surface area (Å²) < 4.78 is 46.0. The molecule has 0 spiro atoms. The van der Waals surface area contributed by atoms with Crippen molar-refractivity contribution in [3.63, 3.8) is 0 Å². The van der Waals surface area contributed by atoms with Crippen LogP contribution in [0.2, 0.25) is 0 Å². The lowest BCUT2D eigenvalue weighted by molar-refractivity contribution is 0.0492. The van der Waals surface area contributed by atoms with Crippen molar-refractivity contribution in [3.8, 4) is 11.7 Å². The number of amides is 1. The van der Waals surface area contributed by atoms with Crippen molar-refractivity contribution in [2.75, 3.05) is 43.6 Å². The van der Waals surface area contributed by atoms with Crippen molar-refractivity contribution < 1.29 is 27.8 Å². The van der Waals surface area contributed by atoms with Crippen LogP contribution in [0.25, 0.3) is 17.0 Å². The van der Waals surface area contributed by atoms with Crippen molar-refractivity contribution in [3.05, 3.63) is 24.0 Å². The minimum Gasteiger partial charge on any atom is -0.494 e. The van der Waals surface area contributed by atoms with Crippen LogP contribution in [0.3, 0.4) is 0 Å². The number of nitrogens with zero attached hydrogens (tertiary/aromatic N) is 6. The Hall–Kier alpha value is -3.81. The molecule has 222 valence electrons. The Morgan fingerprint density at radius 2 is 1.71 bits per heavy atom. The molecule has 0 atom stereocenters. The summed E-state index contributed by atoms with van der Waals surface area (Å²) in [6.07, 6.45) is -0.312. The van der Waals surface area contributed by atoms with E-state index in [0.29, 0.717) is 49.0 Å². The van der Waals surface area contributed by atoms with Gasteiger partial charge in [-0.1, -0.05) is 6.07 Å². The van der Waals surface area contributed by atoms with Gasteiger partial charge < -0.3 is 29.7 Å². The van der Waals surface area contributed by atoms with E-state index in [4.69, 9.17) is 14.2 Å². The molecule has 0 bridgehead atoms. The van der Waals surface area contributed by atoms with Gasteiger partial charge in [0.25, 0.3) is 6.43 Å². The molecule has 3 aromatic rings. The highest BCUT2D eigenvalue weighted by Gasteiger charge is 2.28. The van der Waals surface area contributed by atoms with E-state index >= 15 is 0 Å². The van der Waals surface area contributed by atoms with Crippen LogP contribution in [-0.4, -0.2) is 81.7 Å². The highest BCUT2D eigenvalue weighted by Crippen LogP contribution is 2.32. The van der Waals surface area contributed by atoms with E-state index in [1.807, 2.05) is 25.7 Å². The lowest BCUT2D eigenvalue weighted by Gasteiger charge is -2.31. The molecule has 3 heterocycles. The van der Waals surface area contributed by atoms with E-state index in [9.17, 15) is 13.6 Å². The number of benzene rings is 1. The van der Waals surface area contributed by atoms with Gasteiger partial charge in [0, 0.05) is 25.2 Å². The number of rotatable bonds is 7. The predicted octanol–water partition coefficient (Wildman–Crippen LogP) is 4.24. The first-order chi connectivity index (χ1) is 19.6. The Balaban J connectivity index is 1.42. The molecular weight excluding hydrogens is 538 g/mol. The predicted molar refractivity (Wildman–Crippen MR) is 148 cm³/mol. The summed E-state index contributed by atoms with van der Waals surface area (Å²) in [5.41, 5.74) is 0.134. The summed E-state index contributed by atoms with van der Waals surface area (Å²) in [6.45, 7) is 7.62. The fraction of sp³-hybridized carbons (Fsp3) is 0.593. The van der Waals surface area contributed by atoms with Crippen LogP contribution in [0, 0.1) is 0 Å². The van der Waals surface area contributed by atoms with Crippen LogP contribution in [-0.2, 0) is 9.47 Å². The van der Waals surface area contributed by atoms with Crippen LogP contribution in [0.5, 0.6) is 5.75 Å². The number of imidazole rings is 1. The number of morpholine rings is 1. The van der Waals surface area contributed by atoms with Gasteiger partial charge in [0.1, 0.15) is 16.9 Å². The first kappa shape index (κ1) is 28.7. The Kier molecular flexibility index (Phi) is 8.38. The quantitative estimate of drug-likeness (QED) is 0.423. The third-order valence-electron chi connectivity index (χ3n) is 6.98. The second-order valence-corrected chi connectivity index (χ2v) is 11.1. The van der Waals surface area contributed by atoms with E-state index < -0.39 is 23.9 Å². The number of carbonyl (C=O) groups is 1. The van der Waals surface area contributed by atoms with Crippen molar-refractivity contribution in [1.82, 2.24) is 29.8 Å². The van der Waals surface area contributed by atoms with Gasteiger partial charge >= 0.3 is 6.09 Å². The van der Waals surface area contributed by atoms with Crippen LogP contribution >= 0.6 is 0 Å². The summed E-state index contributed by atoms with van der Waals surface area (Å²) >= 11 is 0. The zero-order chi connectivity index (χ0) is 29.1. The fourth-order valence-electron chi connectivity index (χ4n) is 5.07. The Labute approximate surface area is 236 Å². The molecule has 2 aromatic heterocycles. The summed E-state index contributed by atoms with van der Waals surface area (Å²) in [5, 5.41) is 6.33. The number of fused-ring (bicyclic) bond motifs is 1. The number of methoxy groups -OCH3 is 1. The Morgan fingerprint density at radius 1 is 1.02 bits per heavy atom. The highest BCUT2D eigenvalue weighted by atomic mass is 19.3. The monoisotopic (exact) mass is 574 g/mol. The molecule has 0 radical (unpaired) electrons. The number of ether oxygens (including phenoxy) is 3. The van der Waals surface area contributed by atoms with Gasteiger partial charge in [-0.2, -0.15) is 15.0 Å². The molecule has 1 aromatic carbocycles. The maximum absolute atomic E-state index is 14.3. The second kappa shape index (κ2) is 12.0. The van der Waals surface area contributed by atoms with E-state index in [-0.39, 0.29) is 24.0 Å². The Bertz CT molecular complexity index is 1370. The number of hydrogen-bond acceptors (Lipinski definition) is 10. The molecule has 14 heteroatoms. The molecule has 2 fully saturated rings. The number of aromatic nitrogens is 5. The number of alkyl halides is 2. The van der Waals surface area contributed by atoms with E-state index in [2.05, 4.69) is 30.6 Å². The normalized spacial score (nSPS) is 19.8. The molecule has 1 amide bonds. The van der Waals surface area contributed by atoms with Crippen molar-refractivity contribution in [2.24, 2.45) is 0 Å². The SMILES string of the molecule is COc1cccc2c1nc(C(F)F)n2-c1nc(N[C@H]2CC[C@@H](NC(=O)OC(C)(C)C)CC2)nc(N2CCOCC2)n1. The molecular formula is C27H36F2N8O4. The number of hydrogen-bond donors (Lipinski definition) is 2. The molecule has 1 aliphatic carbocycles. The molecule has 1 saturated carbocycles. The van der Waals surface area contributed by atoms with Crippen molar-refractivity contribution in [1.29, 1.82) is 0 Å². The molecule has 12 nitrogen and oxygen atoms in total. The van der Waals surface area contributed by atoms with Gasteiger partial charge in [0.15, 0.2) is 5.82 Å². The van der Waals surface area contributed by atoms with Gasteiger partial charge in [-0.05, 0) is 58.6 Å². The standard InChI is InChI=1S/C27H36F2N8O4/c1-27(2,3)41-26(38)31-17-10-8-16(9-11-17)30-23-33-24(36-12-14-40-15-13-36)35-25(34-23)37-18-6-5-7-19(39-4)20(18)32-22(37)21(28)29/h5-7,16-17,21H,8-15H2,1-4H3,(H,31,38)(H,30,33,34,35)/t16-,17+. The maximum atomic E-state index is 14.3. The van der Waals surface area contributed by atoms with Gasteiger partial charge in [-0.25, -0.2) is 18.6 Å². The number of halogens is 2. The summed E-state index contributed by atoms with van der Waals surface area (Å²) in [7, 11) is 1.47. The smallest absolute Gasteiger partial charge is 0.407 e. The summed E-state index contributed by atoms with van der Waals surface area (Å²) in [4.78, 5) is 32.2. The van der Waals surface area contributed by atoms with Gasteiger partial charge in [-0.3, -0.25) is 4.57 Å². The van der Waals surface area contributed by atoms with Gasteiger partial charge in [0.2, 0.25) is 17.8 Å². The number of anilines is 2. The molecule has 0 unspecified atom stereocenters. The van der Waals surface area contributed by atoms with E-state index in [0.717, 1.165) is 25.7 Å². The minimum atomic E-state index is -2.88. The van der Waals surface area contributed by atoms with E-state index in [1.165, 1.54) is 11.7 Å². The van der Waals surface area contributed by atoms with Crippen LogP contribution in [0.4, 0.5) is 25.5 Å². The van der Waals surface area contributed by atoms with Crippen LogP contribution in [0.15, 0.2) is 18.2 Å². The van der Waals surface area contributed by atoms with Gasteiger partial charge in [-0.15, -0.1) is 0 Å². The van der Waals surface area contributed by atoms with Crippen LogP contribution < -0.4 is 20.3 Å². The summed E-state index contributed by atoms with van der Waals surface area (Å²) in [5.74, 6) is 0.579. The number of alkyl carbamates (subject to hydrolysis) is 1. The lowest BCUT2D eigenvalue weighted by Crippen LogP contribution is -2.42. The average Bonchev–Trinajstić information content (AvgIpc) is 3.34. The first-order valence-electron chi connectivity index (χ1n) is 13.8. The molecule has 2 aliphatic rings. The lowest BCUT2D eigenvalue weighted by atomic mass is 9.91. The molecule has 1 saturated heterocycles. The molecule has 41 heavy (non-hydrogen) atoms. The second-order valence-electron chi connectivity index (χ2n) is 11.1. The largest absolute Gasteiger partial charge is 0.494 e. The zero-order valence-corrected chi connectivity index (χ0v) is 23.7. The highest BCUT2D eigenvalue weighted by molar-refractivity contribution is 5.84. The van der Waals surface area contributed by atoms with Crippen LogP contribution in [0.1, 0.15) is 58.7 Å². The topological polar surface area (TPSA) is 129 Å². The number of carbonyl (C=O) groups excluding carboxylic acids is 1. The first-order valence-corrected chi connectivity index (χ1v) is 13.8. The molecule has 5 rings (SSSR count). The molecule has 2 N–H and O–H groups in total. The van der Waals surface area contributed by atoms with Gasteiger partial charge in [0.05, 0.1) is 25.8 Å². The van der Waals surface area contributed by atoms with Crippen molar-refractivity contribution >= 4 is 29.0 Å². The molecule has 1 aliphatic heterocycles. The number of para-hydroxylation sites is 1.